The third kappa shape index (κ3) is 4.23. The van der Waals surface area contributed by atoms with Gasteiger partial charge >= 0.3 is 5.69 Å². The van der Waals surface area contributed by atoms with Crippen LogP contribution in [0.3, 0.4) is 0 Å². The van der Waals surface area contributed by atoms with Gasteiger partial charge in [0.1, 0.15) is 5.82 Å². The summed E-state index contributed by atoms with van der Waals surface area (Å²) in [4.78, 5) is 16.6. The van der Waals surface area contributed by atoms with Crippen molar-refractivity contribution in [1.82, 2.24) is 34.8 Å². The van der Waals surface area contributed by atoms with E-state index in [-0.39, 0.29) is 5.69 Å². The zero-order valence-electron chi connectivity index (χ0n) is 16.7. The van der Waals surface area contributed by atoms with Crippen molar-refractivity contribution in [2.24, 2.45) is 12.0 Å². The number of aliphatic imine (C=N–C) groups is 1. The lowest BCUT2D eigenvalue weighted by atomic mass is 10.2. The highest BCUT2D eigenvalue weighted by atomic mass is 16.2. The number of aryl methyl sites for hydroxylation is 4. The molecule has 0 unspecified atom stereocenters. The van der Waals surface area contributed by atoms with Crippen LogP contribution in [0, 0.1) is 13.8 Å². The van der Waals surface area contributed by atoms with Crippen LogP contribution in [0.5, 0.6) is 0 Å². The molecular weight excluding hydrogens is 344 g/mol. The molecule has 3 rings (SSSR count). The molecule has 0 fully saturated rings. The molecule has 0 aromatic carbocycles. The van der Waals surface area contributed by atoms with Crippen molar-refractivity contribution in [3.8, 4) is 0 Å². The van der Waals surface area contributed by atoms with Crippen molar-refractivity contribution in [3.05, 3.63) is 33.3 Å². The minimum Gasteiger partial charge on any atom is -0.356 e. The Labute approximate surface area is 159 Å². The van der Waals surface area contributed by atoms with Gasteiger partial charge in [-0.1, -0.05) is 0 Å². The SMILES string of the molecule is CN=C(NCCCn1nc2n(c1=O)CCCC2)NCc1c(C)nn(C)c1C. The van der Waals surface area contributed by atoms with Gasteiger partial charge < -0.3 is 10.6 Å². The van der Waals surface area contributed by atoms with Crippen LogP contribution in [0.4, 0.5) is 0 Å². The fraction of sp³-hybridized carbons (Fsp3) is 0.667. The van der Waals surface area contributed by atoms with E-state index in [1.807, 2.05) is 23.2 Å². The third-order valence-electron chi connectivity index (χ3n) is 5.19. The van der Waals surface area contributed by atoms with Crippen molar-refractivity contribution < 1.29 is 0 Å². The van der Waals surface area contributed by atoms with E-state index in [1.54, 1.807) is 11.7 Å². The molecule has 0 saturated heterocycles. The first-order chi connectivity index (χ1) is 13.0. The van der Waals surface area contributed by atoms with Gasteiger partial charge in [-0.05, 0) is 33.1 Å². The van der Waals surface area contributed by atoms with Gasteiger partial charge in [-0.2, -0.15) is 10.2 Å². The second-order valence-electron chi connectivity index (χ2n) is 7.01. The molecule has 9 nitrogen and oxygen atoms in total. The van der Waals surface area contributed by atoms with E-state index >= 15 is 0 Å². The molecule has 2 N–H and O–H groups in total. The van der Waals surface area contributed by atoms with Crippen molar-refractivity contribution in [1.29, 1.82) is 0 Å². The number of rotatable bonds is 6. The zero-order valence-corrected chi connectivity index (χ0v) is 16.7. The first-order valence-electron chi connectivity index (χ1n) is 9.61. The molecular formula is C18H30N8O. The van der Waals surface area contributed by atoms with Crippen LogP contribution >= 0.6 is 0 Å². The van der Waals surface area contributed by atoms with E-state index in [9.17, 15) is 4.79 Å². The molecule has 0 atom stereocenters. The Morgan fingerprint density at radius 2 is 2.04 bits per heavy atom. The minimum absolute atomic E-state index is 0.0229. The maximum Gasteiger partial charge on any atom is 0.345 e. The van der Waals surface area contributed by atoms with Crippen molar-refractivity contribution >= 4 is 5.96 Å². The maximum atomic E-state index is 12.3. The second-order valence-corrected chi connectivity index (χ2v) is 7.01. The van der Waals surface area contributed by atoms with Crippen LogP contribution in [0.1, 0.15) is 42.0 Å². The van der Waals surface area contributed by atoms with Crippen molar-refractivity contribution in [2.45, 2.75) is 59.2 Å². The Balaban J connectivity index is 1.46. The van der Waals surface area contributed by atoms with E-state index in [0.29, 0.717) is 13.1 Å². The Morgan fingerprint density at radius 3 is 2.70 bits per heavy atom. The molecule has 1 aliphatic rings. The molecule has 27 heavy (non-hydrogen) atoms. The topological polar surface area (TPSA) is 94.1 Å². The van der Waals surface area contributed by atoms with Crippen LogP contribution in [-0.4, -0.2) is 43.7 Å². The maximum absolute atomic E-state index is 12.3. The summed E-state index contributed by atoms with van der Waals surface area (Å²) in [6, 6.07) is 0. The van der Waals surface area contributed by atoms with Gasteiger partial charge in [0.15, 0.2) is 5.96 Å². The van der Waals surface area contributed by atoms with Gasteiger partial charge in [0.05, 0.1) is 5.69 Å². The van der Waals surface area contributed by atoms with Gasteiger partial charge in [0.25, 0.3) is 0 Å². The van der Waals surface area contributed by atoms with Crippen molar-refractivity contribution in [3.63, 3.8) is 0 Å². The molecule has 0 amide bonds. The van der Waals surface area contributed by atoms with Gasteiger partial charge in [0.2, 0.25) is 0 Å². The number of nitrogens with one attached hydrogen (secondary N) is 2. The van der Waals surface area contributed by atoms with E-state index in [2.05, 4.69) is 32.7 Å². The first kappa shape index (κ1) is 19.2. The summed E-state index contributed by atoms with van der Waals surface area (Å²) >= 11 is 0. The predicted octanol–water partition coefficient (Wildman–Crippen LogP) is 0.487. The van der Waals surface area contributed by atoms with E-state index in [4.69, 9.17) is 0 Å². The molecule has 0 saturated carbocycles. The number of nitrogens with zero attached hydrogens (tertiary/aromatic N) is 6. The normalized spacial score (nSPS) is 14.3. The molecule has 9 heteroatoms. The van der Waals surface area contributed by atoms with Crippen LogP contribution in [0.15, 0.2) is 9.79 Å². The fourth-order valence-corrected chi connectivity index (χ4v) is 3.50. The largest absolute Gasteiger partial charge is 0.356 e. The van der Waals surface area contributed by atoms with Crippen LogP contribution in [0.2, 0.25) is 0 Å². The molecule has 0 radical (unpaired) electrons. The predicted molar refractivity (Wildman–Crippen MR) is 105 cm³/mol. The summed E-state index contributed by atoms with van der Waals surface area (Å²) < 4.78 is 5.31. The Bertz CT molecular complexity index is 873. The third-order valence-corrected chi connectivity index (χ3v) is 5.19. The highest BCUT2D eigenvalue weighted by Crippen LogP contribution is 2.11. The molecule has 2 aromatic heterocycles. The average Bonchev–Trinajstić information content (AvgIpc) is 3.11. The average molecular weight is 374 g/mol. The Hall–Kier alpha value is -2.58. The lowest BCUT2D eigenvalue weighted by molar-refractivity contribution is 0.509. The molecule has 0 spiro atoms. The summed E-state index contributed by atoms with van der Waals surface area (Å²) in [6.45, 7) is 6.90. The quantitative estimate of drug-likeness (QED) is 0.436. The number of fused-ring (bicyclic) bond motifs is 1. The summed E-state index contributed by atoms with van der Waals surface area (Å²) in [6.07, 6.45) is 3.90. The zero-order chi connectivity index (χ0) is 19.4. The van der Waals surface area contributed by atoms with E-state index in [0.717, 1.165) is 61.9 Å². The summed E-state index contributed by atoms with van der Waals surface area (Å²) in [7, 11) is 3.71. The van der Waals surface area contributed by atoms with Crippen molar-refractivity contribution in [2.75, 3.05) is 13.6 Å². The highest BCUT2D eigenvalue weighted by Gasteiger charge is 2.16. The van der Waals surface area contributed by atoms with Gasteiger partial charge in [-0.25, -0.2) is 9.48 Å². The standard InChI is InChI=1S/C18H30N8O/c1-13-15(14(2)24(4)22-13)12-21-17(19-3)20-9-7-11-26-18(27)25-10-6-5-8-16(25)23-26/h5-12H2,1-4H3,(H2,19,20,21). The van der Waals surface area contributed by atoms with Gasteiger partial charge in [0, 0.05) is 58.0 Å². The fourth-order valence-electron chi connectivity index (χ4n) is 3.50. The number of guanidine groups is 1. The number of hydrogen-bond donors (Lipinski definition) is 2. The van der Waals surface area contributed by atoms with Crippen LogP contribution < -0.4 is 16.3 Å². The summed E-state index contributed by atoms with van der Waals surface area (Å²) in [5.74, 6) is 1.67. The van der Waals surface area contributed by atoms with Gasteiger partial charge in [-0.3, -0.25) is 14.2 Å². The van der Waals surface area contributed by atoms with E-state index in [1.165, 1.54) is 5.56 Å². The number of hydrogen-bond acceptors (Lipinski definition) is 4. The van der Waals surface area contributed by atoms with Crippen LogP contribution in [0.25, 0.3) is 0 Å². The molecule has 0 bridgehead atoms. The highest BCUT2D eigenvalue weighted by molar-refractivity contribution is 5.79. The second kappa shape index (κ2) is 8.41. The summed E-state index contributed by atoms with van der Waals surface area (Å²) in [5, 5.41) is 15.5. The monoisotopic (exact) mass is 374 g/mol. The summed E-state index contributed by atoms with van der Waals surface area (Å²) in [5.41, 5.74) is 3.39. The van der Waals surface area contributed by atoms with Gasteiger partial charge in [-0.15, -0.1) is 0 Å². The van der Waals surface area contributed by atoms with Crippen LogP contribution in [-0.2, 0) is 33.1 Å². The molecule has 2 aromatic rings. The minimum atomic E-state index is 0.0229. The number of aromatic nitrogens is 5. The molecule has 1 aliphatic heterocycles. The molecule has 148 valence electrons. The molecule has 0 aliphatic carbocycles. The molecule has 3 heterocycles. The first-order valence-corrected chi connectivity index (χ1v) is 9.61. The Kier molecular flexibility index (Phi) is 5.98. The van der Waals surface area contributed by atoms with E-state index < -0.39 is 0 Å². The smallest absolute Gasteiger partial charge is 0.345 e. The lowest BCUT2D eigenvalue weighted by Crippen LogP contribution is -2.38. The lowest BCUT2D eigenvalue weighted by Gasteiger charge is -2.12. The Morgan fingerprint density at radius 1 is 1.22 bits per heavy atom.